The van der Waals surface area contributed by atoms with E-state index in [2.05, 4.69) is 79.8 Å². The maximum atomic E-state index is 4.75. The van der Waals surface area contributed by atoms with Crippen LogP contribution >= 0.6 is 57.1 Å². The number of thiophene rings is 4. The first-order valence-electron chi connectivity index (χ1n) is 12.2. The quantitative estimate of drug-likeness (QED) is 0.215. The molecule has 0 amide bonds. The van der Waals surface area contributed by atoms with Gasteiger partial charge in [-0.1, -0.05) is 38.1 Å². The van der Waals surface area contributed by atoms with Gasteiger partial charge in [-0.2, -0.15) is 8.75 Å². The summed E-state index contributed by atoms with van der Waals surface area (Å²) < 4.78 is 14.9. The van der Waals surface area contributed by atoms with Gasteiger partial charge in [-0.3, -0.25) is 0 Å². The van der Waals surface area contributed by atoms with Crippen LogP contribution in [0.25, 0.3) is 61.2 Å². The van der Waals surface area contributed by atoms with Gasteiger partial charge in [0.15, 0.2) is 0 Å². The Hall–Kier alpha value is -2.62. The normalized spacial score (nSPS) is 12.0. The van der Waals surface area contributed by atoms with E-state index in [1.807, 2.05) is 52.4 Å². The Morgan fingerprint density at radius 1 is 0.676 bits per heavy atom. The van der Waals surface area contributed by atoms with Crippen LogP contribution in [0.5, 0.6) is 0 Å². The van der Waals surface area contributed by atoms with Crippen molar-refractivity contribution in [3.8, 4) is 31.3 Å². The molecule has 184 valence electrons. The van der Waals surface area contributed by atoms with Crippen molar-refractivity contribution in [3.63, 3.8) is 0 Å². The van der Waals surface area contributed by atoms with Gasteiger partial charge < -0.3 is 5.32 Å². The van der Waals surface area contributed by atoms with Crippen molar-refractivity contribution >= 4 is 92.6 Å². The summed E-state index contributed by atoms with van der Waals surface area (Å²) in [4.78, 5) is 5.32. The van der Waals surface area contributed by atoms with Crippen LogP contribution in [0.1, 0.15) is 18.7 Å². The first-order chi connectivity index (χ1) is 18.1. The predicted octanol–water partition coefficient (Wildman–Crippen LogP) is 10.5. The molecule has 37 heavy (non-hydrogen) atoms. The highest BCUT2D eigenvalue weighted by Gasteiger charge is 2.18. The van der Waals surface area contributed by atoms with E-state index in [0.29, 0.717) is 5.92 Å². The van der Waals surface area contributed by atoms with E-state index in [9.17, 15) is 0 Å². The summed E-state index contributed by atoms with van der Waals surface area (Å²) in [5.74, 6) is 0.685. The number of fused-ring (bicyclic) bond motifs is 3. The minimum atomic E-state index is 0.685. The summed E-state index contributed by atoms with van der Waals surface area (Å²) in [6.07, 6.45) is 1.15. The average molecular weight is 574 g/mol. The van der Waals surface area contributed by atoms with Crippen molar-refractivity contribution in [3.05, 3.63) is 65.5 Å². The molecule has 0 spiro atoms. The molecule has 8 heteroatoms. The van der Waals surface area contributed by atoms with Crippen LogP contribution < -0.4 is 5.32 Å². The first kappa shape index (κ1) is 23.5. The van der Waals surface area contributed by atoms with Crippen molar-refractivity contribution in [2.75, 3.05) is 12.4 Å². The lowest BCUT2D eigenvalue weighted by atomic mass is 10.1. The van der Waals surface area contributed by atoms with E-state index in [-0.39, 0.29) is 0 Å². The van der Waals surface area contributed by atoms with E-state index in [1.54, 1.807) is 0 Å². The standard InChI is InChI=1S/C29H23N3S5/c1-15(2)10-18-11-24-25(33-18)13-22(35-24)19-8-9-20(29-28(19)31-37-32-29)23-14-27-26(36-23)12-21(34-27)16-4-6-17(30-3)7-5-16/h4-9,11-15,30H,10H2,1-3H3. The molecule has 0 saturated heterocycles. The molecule has 0 aliphatic heterocycles. The van der Waals surface area contributed by atoms with Gasteiger partial charge in [0.2, 0.25) is 0 Å². The summed E-state index contributed by atoms with van der Waals surface area (Å²) in [7, 11) is 1.95. The smallest absolute Gasteiger partial charge is 0.114 e. The number of nitrogens with one attached hydrogen (secondary N) is 1. The largest absolute Gasteiger partial charge is 0.388 e. The van der Waals surface area contributed by atoms with E-state index < -0.39 is 0 Å². The molecule has 3 nitrogen and oxygen atoms in total. The van der Waals surface area contributed by atoms with Gasteiger partial charge in [0.1, 0.15) is 11.0 Å². The molecule has 7 aromatic rings. The molecular weight excluding hydrogens is 551 g/mol. The molecule has 7 rings (SSSR count). The molecule has 5 aromatic heterocycles. The molecule has 1 N–H and O–H groups in total. The van der Waals surface area contributed by atoms with Crippen molar-refractivity contribution in [2.45, 2.75) is 20.3 Å². The summed E-state index contributed by atoms with van der Waals surface area (Å²) in [6.45, 7) is 4.57. The number of anilines is 1. The topological polar surface area (TPSA) is 37.8 Å². The van der Waals surface area contributed by atoms with Crippen LogP contribution in [0.15, 0.2) is 60.7 Å². The lowest BCUT2D eigenvalue weighted by Gasteiger charge is -2.04. The summed E-state index contributed by atoms with van der Waals surface area (Å²) in [6, 6.07) is 22.5. The van der Waals surface area contributed by atoms with Gasteiger partial charge in [-0.25, -0.2) is 0 Å². The molecular formula is C29H23N3S5. The summed E-state index contributed by atoms with van der Waals surface area (Å²) in [5, 5.41) is 3.19. The van der Waals surface area contributed by atoms with Gasteiger partial charge in [-0.05, 0) is 54.3 Å². The molecule has 0 radical (unpaired) electrons. The number of hydrogen-bond acceptors (Lipinski definition) is 8. The second kappa shape index (κ2) is 9.29. The second-order valence-corrected chi connectivity index (χ2v) is 14.5. The second-order valence-electron chi connectivity index (χ2n) is 9.55. The Kier molecular flexibility index (Phi) is 5.90. The summed E-state index contributed by atoms with van der Waals surface area (Å²) in [5.41, 5.74) is 6.79. The Bertz CT molecular complexity index is 1810. The number of benzene rings is 2. The third-order valence-corrected chi connectivity index (χ3v) is 11.7. The zero-order valence-electron chi connectivity index (χ0n) is 20.5. The van der Waals surface area contributed by atoms with Crippen LogP contribution in [0, 0.1) is 5.92 Å². The SMILES string of the molecule is CNc1ccc(-c2cc3sc(-c4ccc(-c5cc6sc(CC(C)C)cc6s5)c5nsnc45)cc3s2)cc1. The van der Waals surface area contributed by atoms with Gasteiger partial charge in [0.05, 0.1) is 11.7 Å². The van der Waals surface area contributed by atoms with Crippen molar-refractivity contribution in [1.82, 2.24) is 8.75 Å². The fraction of sp³-hybridized carbons (Fsp3) is 0.172. The average Bonchev–Trinajstić information content (AvgIpc) is 3.68. The lowest BCUT2D eigenvalue weighted by molar-refractivity contribution is 0.654. The monoisotopic (exact) mass is 573 g/mol. The van der Waals surface area contributed by atoms with Crippen LogP contribution in [0.3, 0.4) is 0 Å². The van der Waals surface area contributed by atoms with E-state index in [1.165, 1.54) is 66.7 Å². The molecule has 0 aliphatic rings. The van der Waals surface area contributed by atoms with E-state index >= 15 is 0 Å². The predicted molar refractivity (Wildman–Crippen MR) is 168 cm³/mol. The Balaban J connectivity index is 1.23. The molecule has 0 atom stereocenters. The maximum Gasteiger partial charge on any atom is 0.114 e. The molecule has 0 unspecified atom stereocenters. The van der Waals surface area contributed by atoms with Crippen molar-refractivity contribution in [1.29, 1.82) is 0 Å². The van der Waals surface area contributed by atoms with Gasteiger partial charge in [-0.15, -0.1) is 45.3 Å². The van der Waals surface area contributed by atoms with Crippen molar-refractivity contribution in [2.24, 2.45) is 5.92 Å². The highest BCUT2D eigenvalue weighted by Crippen LogP contribution is 2.46. The highest BCUT2D eigenvalue weighted by molar-refractivity contribution is 7.31. The fourth-order valence-electron chi connectivity index (χ4n) is 4.70. The minimum Gasteiger partial charge on any atom is -0.388 e. The number of nitrogens with zero attached hydrogens (tertiary/aromatic N) is 2. The van der Waals surface area contributed by atoms with Crippen molar-refractivity contribution < 1.29 is 0 Å². The Labute approximate surface area is 235 Å². The van der Waals surface area contributed by atoms with E-state index in [0.717, 1.165) is 23.1 Å². The third kappa shape index (κ3) is 4.21. The molecule has 0 aliphatic carbocycles. The third-order valence-electron chi connectivity index (χ3n) is 6.48. The highest BCUT2D eigenvalue weighted by atomic mass is 32.1. The maximum absolute atomic E-state index is 4.75. The number of hydrogen-bond donors (Lipinski definition) is 1. The van der Waals surface area contributed by atoms with Crippen LogP contribution in [0.4, 0.5) is 5.69 Å². The minimum absolute atomic E-state index is 0.685. The number of aromatic nitrogens is 2. The van der Waals surface area contributed by atoms with Gasteiger partial charge >= 0.3 is 0 Å². The molecule has 2 aromatic carbocycles. The number of rotatable bonds is 6. The zero-order chi connectivity index (χ0) is 25.1. The molecule has 0 bridgehead atoms. The van der Waals surface area contributed by atoms with Gasteiger partial charge in [0, 0.05) is 62.2 Å². The first-order valence-corrected chi connectivity index (χ1v) is 16.1. The Morgan fingerprint density at radius 3 is 1.78 bits per heavy atom. The Morgan fingerprint density at radius 2 is 1.22 bits per heavy atom. The van der Waals surface area contributed by atoms with E-state index in [4.69, 9.17) is 8.75 Å². The fourth-order valence-corrected chi connectivity index (χ4v) is 10.4. The van der Waals surface area contributed by atoms with Crippen LogP contribution in [-0.4, -0.2) is 15.8 Å². The zero-order valence-corrected chi connectivity index (χ0v) is 24.6. The van der Waals surface area contributed by atoms with Crippen LogP contribution in [-0.2, 0) is 6.42 Å². The van der Waals surface area contributed by atoms with Crippen LogP contribution in [0.2, 0.25) is 0 Å². The molecule has 0 fully saturated rings. The summed E-state index contributed by atoms with van der Waals surface area (Å²) >= 11 is 8.81. The molecule has 0 saturated carbocycles. The lowest BCUT2D eigenvalue weighted by Crippen LogP contribution is -1.89. The molecule has 5 heterocycles. The van der Waals surface area contributed by atoms with Gasteiger partial charge in [0.25, 0.3) is 0 Å².